The average molecular weight is 259 g/mol. The third-order valence-electron chi connectivity index (χ3n) is 2.65. The zero-order valence-electron chi connectivity index (χ0n) is 10.8. The highest BCUT2D eigenvalue weighted by molar-refractivity contribution is 5.99. The lowest BCUT2D eigenvalue weighted by Crippen LogP contribution is -2.27. The number of amides is 1. The van der Waals surface area contributed by atoms with Crippen LogP contribution in [0.1, 0.15) is 17.3 Å². The van der Waals surface area contributed by atoms with Gasteiger partial charge in [-0.15, -0.1) is 0 Å². The monoisotopic (exact) mass is 259 g/mol. The van der Waals surface area contributed by atoms with Gasteiger partial charge in [0.2, 0.25) is 0 Å². The summed E-state index contributed by atoms with van der Waals surface area (Å²) in [5.74, 6) is -0.121. The maximum Gasteiger partial charge on any atom is 0.255 e. The highest BCUT2D eigenvalue weighted by Crippen LogP contribution is 2.12. The quantitative estimate of drug-likeness (QED) is 0.816. The van der Waals surface area contributed by atoms with Crippen LogP contribution in [0.5, 0.6) is 0 Å². The average Bonchev–Trinajstić information content (AvgIpc) is 2.93. The summed E-state index contributed by atoms with van der Waals surface area (Å²) in [6.07, 6.45) is 8.54. The number of imidazole rings is 1. The Bertz CT molecular complexity index is 524. The number of carbonyl (C=O) groups excluding carboxylic acids is 1. The Balaban J connectivity index is 1.92. The number of rotatable bonds is 6. The molecule has 0 aliphatic heterocycles. The number of hydrogen-bond acceptors (Lipinski definition) is 4. The van der Waals surface area contributed by atoms with Crippen molar-refractivity contribution in [2.45, 2.75) is 13.5 Å². The number of nitrogens with zero attached hydrogens (tertiary/aromatic N) is 3. The Hall–Kier alpha value is -2.37. The molecular formula is C13H17N5O. The maximum atomic E-state index is 12.1. The third-order valence-corrected chi connectivity index (χ3v) is 2.65. The third kappa shape index (κ3) is 3.54. The van der Waals surface area contributed by atoms with Crippen molar-refractivity contribution in [3.05, 3.63) is 42.7 Å². The van der Waals surface area contributed by atoms with Crippen LogP contribution >= 0.6 is 0 Å². The van der Waals surface area contributed by atoms with Crippen LogP contribution in [-0.2, 0) is 6.54 Å². The van der Waals surface area contributed by atoms with Crippen molar-refractivity contribution in [3.63, 3.8) is 0 Å². The van der Waals surface area contributed by atoms with Crippen LogP contribution in [0.3, 0.4) is 0 Å². The molecule has 2 rings (SSSR count). The molecule has 100 valence electrons. The van der Waals surface area contributed by atoms with Crippen molar-refractivity contribution in [2.24, 2.45) is 0 Å². The molecule has 0 unspecified atom stereocenters. The number of nitrogens with one attached hydrogen (secondary N) is 2. The normalized spacial score (nSPS) is 10.2. The molecule has 0 aliphatic carbocycles. The van der Waals surface area contributed by atoms with E-state index in [9.17, 15) is 4.79 Å². The minimum absolute atomic E-state index is 0.121. The van der Waals surface area contributed by atoms with E-state index >= 15 is 0 Å². The Morgan fingerprint density at radius 3 is 3.00 bits per heavy atom. The molecule has 6 heteroatoms. The fourth-order valence-corrected chi connectivity index (χ4v) is 1.73. The first-order valence-electron chi connectivity index (χ1n) is 6.23. The fourth-order valence-electron chi connectivity index (χ4n) is 1.73. The summed E-state index contributed by atoms with van der Waals surface area (Å²) in [7, 11) is 0. The fraction of sp³-hybridized carbons (Fsp3) is 0.308. The van der Waals surface area contributed by atoms with Crippen molar-refractivity contribution in [1.29, 1.82) is 0 Å². The van der Waals surface area contributed by atoms with Crippen LogP contribution in [0, 0.1) is 0 Å². The van der Waals surface area contributed by atoms with Crippen molar-refractivity contribution < 1.29 is 4.79 Å². The smallest absolute Gasteiger partial charge is 0.255 e. The molecule has 0 saturated heterocycles. The van der Waals surface area contributed by atoms with Gasteiger partial charge in [-0.3, -0.25) is 9.78 Å². The molecule has 0 bridgehead atoms. The molecule has 2 heterocycles. The first kappa shape index (κ1) is 13.1. The molecule has 0 atom stereocenters. The highest BCUT2D eigenvalue weighted by atomic mass is 16.1. The maximum absolute atomic E-state index is 12.1. The minimum atomic E-state index is -0.121. The molecule has 0 aromatic carbocycles. The molecule has 0 spiro atoms. The van der Waals surface area contributed by atoms with Gasteiger partial charge in [0, 0.05) is 44.4 Å². The molecule has 2 N–H and O–H groups in total. The molecule has 0 fully saturated rings. The van der Waals surface area contributed by atoms with Gasteiger partial charge in [0.1, 0.15) is 0 Å². The van der Waals surface area contributed by atoms with Crippen LogP contribution in [0.4, 0.5) is 5.69 Å². The van der Waals surface area contributed by atoms with Crippen LogP contribution in [0.15, 0.2) is 37.2 Å². The Morgan fingerprint density at radius 2 is 2.26 bits per heavy atom. The van der Waals surface area contributed by atoms with Crippen molar-refractivity contribution in [3.8, 4) is 0 Å². The summed E-state index contributed by atoms with van der Waals surface area (Å²) in [5.41, 5.74) is 1.37. The van der Waals surface area contributed by atoms with E-state index in [-0.39, 0.29) is 5.91 Å². The molecular weight excluding hydrogens is 242 g/mol. The van der Waals surface area contributed by atoms with E-state index in [2.05, 4.69) is 20.6 Å². The van der Waals surface area contributed by atoms with Crippen molar-refractivity contribution in [2.75, 3.05) is 18.4 Å². The summed E-state index contributed by atoms with van der Waals surface area (Å²) in [5, 5.41) is 6.01. The van der Waals surface area contributed by atoms with Gasteiger partial charge in [-0.25, -0.2) is 4.98 Å². The first-order chi connectivity index (χ1) is 9.31. The summed E-state index contributed by atoms with van der Waals surface area (Å²) >= 11 is 0. The molecule has 0 aliphatic rings. The van der Waals surface area contributed by atoms with Crippen LogP contribution in [0.25, 0.3) is 0 Å². The van der Waals surface area contributed by atoms with E-state index in [0.29, 0.717) is 18.7 Å². The number of anilines is 1. The summed E-state index contributed by atoms with van der Waals surface area (Å²) in [6.45, 7) is 4.00. The van der Waals surface area contributed by atoms with Crippen LogP contribution in [0.2, 0.25) is 0 Å². The predicted octanol–water partition coefficient (Wildman–Crippen LogP) is 1.14. The van der Waals surface area contributed by atoms with Gasteiger partial charge in [0.15, 0.2) is 0 Å². The largest absolute Gasteiger partial charge is 0.385 e. The molecule has 2 aromatic rings. The van der Waals surface area contributed by atoms with E-state index in [1.165, 1.54) is 0 Å². The second-order valence-corrected chi connectivity index (χ2v) is 4.01. The van der Waals surface area contributed by atoms with E-state index in [1.807, 2.05) is 17.7 Å². The van der Waals surface area contributed by atoms with Gasteiger partial charge in [0.25, 0.3) is 5.91 Å². The standard InChI is InChI=1S/C13H17N5O/c1-2-16-12-3-4-14-9-11(12)13(19)17-6-8-18-7-5-15-10-18/h3-5,7,9-10H,2,6,8H2,1H3,(H,14,16)(H,17,19). The van der Waals surface area contributed by atoms with Crippen LogP contribution in [-0.4, -0.2) is 33.5 Å². The molecule has 2 aromatic heterocycles. The van der Waals surface area contributed by atoms with Gasteiger partial charge in [-0.1, -0.05) is 0 Å². The lowest BCUT2D eigenvalue weighted by atomic mass is 10.2. The van der Waals surface area contributed by atoms with Crippen molar-refractivity contribution in [1.82, 2.24) is 19.9 Å². The first-order valence-corrected chi connectivity index (χ1v) is 6.23. The predicted molar refractivity (Wildman–Crippen MR) is 73.0 cm³/mol. The lowest BCUT2D eigenvalue weighted by molar-refractivity contribution is 0.0952. The van der Waals surface area contributed by atoms with Gasteiger partial charge < -0.3 is 15.2 Å². The zero-order valence-corrected chi connectivity index (χ0v) is 10.8. The second kappa shape index (κ2) is 6.53. The lowest BCUT2D eigenvalue weighted by Gasteiger charge is -2.10. The van der Waals surface area contributed by atoms with Gasteiger partial charge >= 0.3 is 0 Å². The molecule has 1 amide bonds. The zero-order chi connectivity index (χ0) is 13.5. The van der Waals surface area contributed by atoms with E-state index in [0.717, 1.165) is 12.2 Å². The second-order valence-electron chi connectivity index (χ2n) is 4.01. The molecule has 19 heavy (non-hydrogen) atoms. The Morgan fingerprint density at radius 1 is 1.37 bits per heavy atom. The van der Waals surface area contributed by atoms with Gasteiger partial charge in [-0.2, -0.15) is 0 Å². The molecule has 0 radical (unpaired) electrons. The highest BCUT2D eigenvalue weighted by Gasteiger charge is 2.10. The van der Waals surface area contributed by atoms with Gasteiger partial charge in [0.05, 0.1) is 17.6 Å². The number of pyridine rings is 1. The summed E-state index contributed by atoms with van der Waals surface area (Å²) in [4.78, 5) is 20.0. The number of aromatic nitrogens is 3. The van der Waals surface area contributed by atoms with Crippen molar-refractivity contribution >= 4 is 11.6 Å². The number of carbonyl (C=O) groups is 1. The molecule has 6 nitrogen and oxygen atoms in total. The topological polar surface area (TPSA) is 71.8 Å². The molecule has 0 saturated carbocycles. The SMILES string of the molecule is CCNc1ccncc1C(=O)NCCn1ccnc1. The minimum Gasteiger partial charge on any atom is -0.385 e. The number of hydrogen-bond donors (Lipinski definition) is 2. The Labute approximate surface area is 111 Å². The van der Waals surface area contributed by atoms with E-state index < -0.39 is 0 Å². The summed E-state index contributed by atoms with van der Waals surface area (Å²) in [6, 6.07) is 1.80. The Kier molecular flexibility index (Phi) is 4.49. The van der Waals surface area contributed by atoms with Crippen LogP contribution < -0.4 is 10.6 Å². The van der Waals surface area contributed by atoms with E-state index in [1.54, 1.807) is 31.0 Å². The van der Waals surface area contributed by atoms with Gasteiger partial charge in [-0.05, 0) is 13.0 Å². The summed E-state index contributed by atoms with van der Waals surface area (Å²) < 4.78 is 1.91. The van der Waals surface area contributed by atoms with E-state index in [4.69, 9.17) is 0 Å².